The van der Waals surface area contributed by atoms with Crippen molar-refractivity contribution in [3.63, 3.8) is 0 Å². The molecule has 0 fully saturated rings. The number of ether oxygens (including phenoxy) is 2. The highest BCUT2D eigenvalue weighted by Gasteiger charge is 2.11. The normalized spacial score (nSPS) is 10.4. The van der Waals surface area contributed by atoms with Gasteiger partial charge in [0.2, 0.25) is 4.38 Å². The molecule has 1 aromatic rings. The van der Waals surface area contributed by atoms with E-state index in [1.165, 1.54) is 17.3 Å². The van der Waals surface area contributed by atoms with Crippen molar-refractivity contribution >= 4 is 28.4 Å². The quantitative estimate of drug-likeness (QED) is 0.601. The Morgan fingerprint density at radius 1 is 1.41 bits per heavy atom. The van der Waals surface area contributed by atoms with Crippen LogP contribution in [0.3, 0.4) is 0 Å². The van der Waals surface area contributed by atoms with E-state index in [-0.39, 0.29) is 0 Å². The van der Waals surface area contributed by atoms with Gasteiger partial charge in [0, 0.05) is 4.90 Å². The van der Waals surface area contributed by atoms with Crippen LogP contribution in [0.25, 0.3) is 0 Å². The highest BCUT2D eigenvalue weighted by atomic mass is 32.2. The molecule has 0 saturated carbocycles. The maximum atomic E-state index is 5.30. The maximum absolute atomic E-state index is 5.30. The van der Waals surface area contributed by atoms with Gasteiger partial charge in [-0.1, -0.05) is 13.8 Å². The number of thiocarbonyl (C=S) groups is 1. The van der Waals surface area contributed by atoms with Gasteiger partial charge in [-0.25, -0.2) is 0 Å². The minimum atomic E-state index is 0.428. The summed E-state index contributed by atoms with van der Waals surface area (Å²) in [5.74, 6) is 1.30. The minimum Gasteiger partial charge on any atom is -0.497 e. The van der Waals surface area contributed by atoms with Crippen molar-refractivity contribution in [3.8, 4) is 5.75 Å². The van der Waals surface area contributed by atoms with E-state index in [0.29, 0.717) is 16.9 Å². The van der Waals surface area contributed by atoms with Crippen molar-refractivity contribution in [1.82, 2.24) is 0 Å². The first-order valence-electron chi connectivity index (χ1n) is 5.61. The molecule has 1 rings (SSSR count). The molecule has 0 aliphatic rings. The van der Waals surface area contributed by atoms with Crippen LogP contribution in [0, 0.1) is 0 Å². The summed E-state index contributed by atoms with van der Waals surface area (Å²) in [6.07, 6.45) is 0. The fraction of sp³-hybridized carbons (Fsp3) is 0.462. The summed E-state index contributed by atoms with van der Waals surface area (Å²) in [5.41, 5.74) is 1.23. The Morgan fingerprint density at radius 2 is 2.12 bits per heavy atom. The largest absolute Gasteiger partial charge is 0.497 e. The summed E-state index contributed by atoms with van der Waals surface area (Å²) in [6.45, 7) is 6.86. The van der Waals surface area contributed by atoms with Gasteiger partial charge in [-0.2, -0.15) is 0 Å². The van der Waals surface area contributed by atoms with Gasteiger partial charge in [0.05, 0.1) is 13.7 Å². The van der Waals surface area contributed by atoms with Crippen molar-refractivity contribution in [2.75, 3.05) is 13.7 Å². The third-order valence-electron chi connectivity index (χ3n) is 2.29. The zero-order valence-electron chi connectivity index (χ0n) is 10.6. The van der Waals surface area contributed by atoms with E-state index in [9.17, 15) is 0 Å². The maximum Gasteiger partial charge on any atom is 0.224 e. The number of hydrogen-bond acceptors (Lipinski definition) is 4. The van der Waals surface area contributed by atoms with Crippen LogP contribution in [-0.4, -0.2) is 18.1 Å². The second kappa shape index (κ2) is 6.87. The van der Waals surface area contributed by atoms with Crippen molar-refractivity contribution in [2.45, 2.75) is 31.6 Å². The third-order valence-corrected chi connectivity index (χ3v) is 3.54. The summed E-state index contributed by atoms with van der Waals surface area (Å²) in [6, 6.07) is 6.04. The van der Waals surface area contributed by atoms with Gasteiger partial charge in [0.15, 0.2) is 0 Å². The van der Waals surface area contributed by atoms with Crippen LogP contribution in [0.5, 0.6) is 5.75 Å². The summed E-state index contributed by atoms with van der Waals surface area (Å²) >= 11 is 6.65. The van der Waals surface area contributed by atoms with Crippen LogP contribution in [0.15, 0.2) is 23.1 Å². The third kappa shape index (κ3) is 4.21. The monoisotopic (exact) mass is 270 g/mol. The Kier molecular flexibility index (Phi) is 5.78. The zero-order valence-corrected chi connectivity index (χ0v) is 12.3. The predicted octanol–water partition coefficient (Wildman–Crippen LogP) is 4.23. The van der Waals surface area contributed by atoms with Crippen molar-refractivity contribution < 1.29 is 9.47 Å². The highest BCUT2D eigenvalue weighted by molar-refractivity contribution is 8.22. The van der Waals surface area contributed by atoms with Crippen LogP contribution in [-0.2, 0) is 4.74 Å². The van der Waals surface area contributed by atoms with Crippen molar-refractivity contribution in [2.24, 2.45) is 0 Å². The number of thioether (sulfide) groups is 1. The SMILES string of the molecule is CCOC(=S)Sc1ccc(OC)cc1C(C)C. The van der Waals surface area contributed by atoms with E-state index in [4.69, 9.17) is 21.7 Å². The van der Waals surface area contributed by atoms with Gasteiger partial charge in [0.1, 0.15) is 5.75 Å². The molecule has 0 aliphatic carbocycles. The molecule has 0 unspecified atom stereocenters. The predicted molar refractivity (Wildman–Crippen MR) is 77.2 cm³/mol. The van der Waals surface area contributed by atoms with E-state index < -0.39 is 0 Å². The second-order valence-electron chi connectivity index (χ2n) is 3.84. The lowest BCUT2D eigenvalue weighted by atomic mass is 10.0. The Bertz CT molecular complexity index is 389. The highest BCUT2D eigenvalue weighted by Crippen LogP contribution is 2.32. The first kappa shape index (κ1) is 14.3. The van der Waals surface area contributed by atoms with E-state index in [0.717, 1.165) is 10.6 Å². The average Bonchev–Trinajstić information content (AvgIpc) is 2.29. The average molecular weight is 270 g/mol. The topological polar surface area (TPSA) is 18.5 Å². The van der Waals surface area contributed by atoms with Crippen LogP contribution >= 0.6 is 24.0 Å². The van der Waals surface area contributed by atoms with Gasteiger partial charge in [-0.15, -0.1) is 0 Å². The van der Waals surface area contributed by atoms with E-state index in [1.54, 1.807) is 7.11 Å². The molecule has 4 heteroatoms. The summed E-state index contributed by atoms with van der Waals surface area (Å²) < 4.78 is 11.1. The van der Waals surface area contributed by atoms with Crippen LogP contribution < -0.4 is 4.74 Å². The molecule has 0 aromatic heterocycles. The number of rotatable bonds is 4. The van der Waals surface area contributed by atoms with Crippen molar-refractivity contribution in [3.05, 3.63) is 23.8 Å². The molecule has 94 valence electrons. The summed E-state index contributed by atoms with van der Waals surface area (Å²) in [5, 5.41) is 0. The molecule has 0 bridgehead atoms. The van der Waals surface area contributed by atoms with Crippen molar-refractivity contribution in [1.29, 1.82) is 0 Å². The molecular weight excluding hydrogens is 252 g/mol. The molecule has 0 spiro atoms. The van der Waals surface area contributed by atoms with Gasteiger partial charge >= 0.3 is 0 Å². The van der Waals surface area contributed by atoms with Gasteiger partial charge in [0.25, 0.3) is 0 Å². The lowest BCUT2D eigenvalue weighted by Gasteiger charge is -2.14. The number of hydrogen-bond donors (Lipinski definition) is 0. The van der Waals surface area contributed by atoms with Crippen LogP contribution in [0.1, 0.15) is 32.3 Å². The van der Waals surface area contributed by atoms with Gasteiger partial charge < -0.3 is 9.47 Å². The van der Waals surface area contributed by atoms with Crippen LogP contribution in [0.2, 0.25) is 0 Å². The Labute approximate surface area is 113 Å². The minimum absolute atomic E-state index is 0.428. The van der Waals surface area contributed by atoms with E-state index in [1.807, 2.05) is 19.1 Å². The Morgan fingerprint density at radius 3 is 2.65 bits per heavy atom. The first-order valence-corrected chi connectivity index (χ1v) is 6.83. The molecule has 0 amide bonds. The zero-order chi connectivity index (χ0) is 12.8. The fourth-order valence-electron chi connectivity index (χ4n) is 1.43. The van der Waals surface area contributed by atoms with Gasteiger partial charge in [-0.05, 0) is 60.6 Å². The molecule has 0 aliphatic heterocycles. The second-order valence-corrected chi connectivity index (χ2v) is 5.49. The standard InChI is InChI=1S/C13H18O2S2/c1-5-15-13(16)17-12-7-6-10(14-4)8-11(12)9(2)3/h6-9H,5H2,1-4H3. The van der Waals surface area contributed by atoms with E-state index >= 15 is 0 Å². The molecule has 0 radical (unpaired) electrons. The molecule has 1 aromatic carbocycles. The molecule has 0 atom stereocenters. The number of benzene rings is 1. The molecule has 0 heterocycles. The summed E-state index contributed by atoms with van der Waals surface area (Å²) in [4.78, 5) is 1.14. The molecule has 2 nitrogen and oxygen atoms in total. The smallest absolute Gasteiger partial charge is 0.224 e. The summed E-state index contributed by atoms with van der Waals surface area (Å²) in [7, 11) is 1.68. The molecule has 0 N–H and O–H groups in total. The Hall–Kier alpha value is -0.740. The molecule has 17 heavy (non-hydrogen) atoms. The number of methoxy groups -OCH3 is 1. The first-order chi connectivity index (χ1) is 8.08. The fourth-order valence-corrected chi connectivity index (χ4v) is 2.73. The molecule has 0 saturated heterocycles. The van der Waals surface area contributed by atoms with Gasteiger partial charge in [-0.3, -0.25) is 0 Å². The van der Waals surface area contributed by atoms with E-state index in [2.05, 4.69) is 19.9 Å². The van der Waals surface area contributed by atoms with Crippen LogP contribution in [0.4, 0.5) is 0 Å². The Balaban J connectivity index is 2.94. The molecular formula is C13H18O2S2. The lowest BCUT2D eigenvalue weighted by Crippen LogP contribution is -1.99. The lowest BCUT2D eigenvalue weighted by molar-refractivity contribution is 0.346.